The quantitative estimate of drug-likeness (QED) is 0.620. The molecule has 134 valence electrons. The minimum Gasteiger partial charge on any atom is -0.494 e. The third-order valence-electron chi connectivity index (χ3n) is 3.20. The van der Waals surface area contributed by atoms with Crippen molar-refractivity contribution in [3.8, 4) is 5.88 Å². The zero-order valence-electron chi connectivity index (χ0n) is 12.8. The van der Waals surface area contributed by atoms with Crippen LogP contribution in [0.4, 0.5) is 19.0 Å². The fourth-order valence-electron chi connectivity index (χ4n) is 1.81. The molecule has 0 radical (unpaired) electrons. The Balaban J connectivity index is 2.32. The van der Waals surface area contributed by atoms with Crippen molar-refractivity contribution >= 4 is 23.6 Å². The number of aromatic hydroxyl groups is 1. The lowest BCUT2D eigenvalue weighted by molar-refractivity contribution is -0.137. The number of nitrogens with one attached hydrogen (secondary N) is 1. The molecular formula is C13H11ClF3N5O3. The van der Waals surface area contributed by atoms with Crippen LogP contribution in [0.25, 0.3) is 0 Å². The molecule has 0 fully saturated rings. The number of hydrogen-bond donors (Lipinski definition) is 2. The smallest absolute Gasteiger partial charge is 0.417 e. The van der Waals surface area contributed by atoms with Crippen molar-refractivity contribution in [3.05, 3.63) is 49.3 Å². The highest BCUT2D eigenvalue weighted by Gasteiger charge is 2.31. The van der Waals surface area contributed by atoms with Crippen LogP contribution in [0.15, 0.2) is 27.0 Å². The highest BCUT2D eigenvalue weighted by Crippen LogP contribution is 2.32. The van der Waals surface area contributed by atoms with Gasteiger partial charge in [0.15, 0.2) is 5.82 Å². The molecule has 2 aromatic heterocycles. The van der Waals surface area contributed by atoms with E-state index in [0.717, 1.165) is 15.3 Å². The Morgan fingerprint density at radius 2 is 1.96 bits per heavy atom. The molecule has 12 heteroatoms. The van der Waals surface area contributed by atoms with Crippen molar-refractivity contribution in [1.29, 1.82) is 0 Å². The molecule has 2 heterocycles. The lowest BCUT2D eigenvalue weighted by Crippen LogP contribution is -2.38. The maximum Gasteiger partial charge on any atom is 0.417 e. The number of alkyl halides is 3. The Hall–Kier alpha value is -2.82. The van der Waals surface area contributed by atoms with Crippen LogP contribution in [-0.4, -0.2) is 25.4 Å². The molecule has 25 heavy (non-hydrogen) atoms. The van der Waals surface area contributed by atoms with E-state index in [1.54, 1.807) is 0 Å². The number of halogens is 4. The average molecular weight is 378 g/mol. The van der Waals surface area contributed by atoms with Crippen LogP contribution in [0, 0.1) is 0 Å². The summed E-state index contributed by atoms with van der Waals surface area (Å²) in [5.74, 6) is -0.808. The molecule has 2 N–H and O–H groups in total. The van der Waals surface area contributed by atoms with Gasteiger partial charge in [-0.25, -0.2) is 9.78 Å². The molecule has 0 unspecified atom stereocenters. The van der Waals surface area contributed by atoms with Crippen molar-refractivity contribution in [1.82, 2.24) is 14.1 Å². The van der Waals surface area contributed by atoms with Crippen LogP contribution in [0.1, 0.15) is 11.1 Å². The first-order valence-corrected chi connectivity index (χ1v) is 6.92. The van der Waals surface area contributed by atoms with E-state index in [2.05, 4.69) is 15.5 Å². The third-order valence-corrected chi connectivity index (χ3v) is 3.49. The number of pyridine rings is 1. The number of hydrazone groups is 1. The van der Waals surface area contributed by atoms with Crippen LogP contribution < -0.4 is 16.7 Å². The van der Waals surface area contributed by atoms with Crippen molar-refractivity contribution in [2.45, 2.75) is 6.18 Å². The zero-order valence-corrected chi connectivity index (χ0v) is 13.6. The normalized spacial score (nSPS) is 11.9. The molecule has 0 atom stereocenters. The summed E-state index contributed by atoms with van der Waals surface area (Å²) in [7, 11) is 2.46. The average Bonchev–Trinajstić information content (AvgIpc) is 2.54. The molecule has 0 aliphatic heterocycles. The van der Waals surface area contributed by atoms with Gasteiger partial charge in [-0.3, -0.25) is 19.4 Å². The number of hydrogen-bond acceptors (Lipinski definition) is 6. The van der Waals surface area contributed by atoms with Gasteiger partial charge in [-0.05, 0) is 6.07 Å². The summed E-state index contributed by atoms with van der Waals surface area (Å²) in [6.45, 7) is 0. The topological polar surface area (TPSA) is 102 Å². The molecule has 0 spiro atoms. The van der Waals surface area contributed by atoms with E-state index in [-0.39, 0.29) is 16.4 Å². The second kappa shape index (κ2) is 6.59. The van der Waals surface area contributed by atoms with Crippen LogP contribution >= 0.6 is 11.6 Å². The van der Waals surface area contributed by atoms with E-state index in [1.165, 1.54) is 14.1 Å². The molecule has 0 saturated heterocycles. The molecule has 2 rings (SSSR count). The minimum atomic E-state index is -4.59. The van der Waals surface area contributed by atoms with Crippen molar-refractivity contribution in [2.24, 2.45) is 19.2 Å². The molecule has 0 aliphatic carbocycles. The molecule has 8 nitrogen and oxygen atoms in total. The Morgan fingerprint density at radius 1 is 1.32 bits per heavy atom. The summed E-state index contributed by atoms with van der Waals surface area (Å²) in [6, 6.07) is 0.662. The molecule has 0 aliphatic rings. The van der Waals surface area contributed by atoms with E-state index < -0.39 is 28.9 Å². The summed E-state index contributed by atoms with van der Waals surface area (Å²) in [5.41, 5.74) is -0.620. The van der Waals surface area contributed by atoms with E-state index in [9.17, 15) is 27.9 Å². The summed E-state index contributed by atoms with van der Waals surface area (Å²) >= 11 is 5.69. The van der Waals surface area contributed by atoms with Gasteiger partial charge in [-0.15, -0.1) is 0 Å². The molecule has 0 amide bonds. The first kappa shape index (κ1) is 18.5. The van der Waals surface area contributed by atoms with Crippen molar-refractivity contribution in [2.75, 3.05) is 5.43 Å². The lowest BCUT2D eigenvalue weighted by Gasteiger charge is -2.09. The molecule has 0 saturated carbocycles. The first-order chi connectivity index (χ1) is 11.5. The summed E-state index contributed by atoms with van der Waals surface area (Å²) in [4.78, 5) is 27.0. The van der Waals surface area contributed by atoms with Gasteiger partial charge in [-0.1, -0.05) is 11.6 Å². The number of anilines is 1. The van der Waals surface area contributed by atoms with E-state index in [4.69, 9.17) is 11.6 Å². The maximum atomic E-state index is 12.5. The second-order valence-corrected chi connectivity index (χ2v) is 5.27. The third kappa shape index (κ3) is 3.65. The predicted octanol–water partition coefficient (Wildman–Crippen LogP) is 1.30. The molecule has 0 aromatic carbocycles. The van der Waals surface area contributed by atoms with Crippen LogP contribution in [0.3, 0.4) is 0 Å². The molecule has 0 bridgehead atoms. The predicted molar refractivity (Wildman–Crippen MR) is 84.1 cm³/mol. The fourth-order valence-corrected chi connectivity index (χ4v) is 2.01. The van der Waals surface area contributed by atoms with Gasteiger partial charge in [0, 0.05) is 20.3 Å². The Bertz CT molecular complexity index is 965. The number of rotatable bonds is 3. The summed E-state index contributed by atoms with van der Waals surface area (Å²) in [6.07, 6.45) is -3.13. The monoisotopic (exact) mass is 377 g/mol. The Labute approximate surface area is 142 Å². The van der Waals surface area contributed by atoms with Gasteiger partial charge in [0.25, 0.3) is 5.56 Å². The van der Waals surface area contributed by atoms with Gasteiger partial charge in [0.05, 0.1) is 16.8 Å². The SMILES string of the molecule is Cn1c(O)c(/C=N\Nc2ncc(C(F)(F)F)cc2Cl)c(=O)n(C)c1=O. The van der Waals surface area contributed by atoms with Crippen LogP contribution in [0.5, 0.6) is 5.88 Å². The van der Waals surface area contributed by atoms with Crippen LogP contribution in [0.2, 0.25) is 5.02 Å². The maximum absolute atomic E-state index is 12.5. The van der Waals surface area contributed by atoms with E-state index in [1.807, 2.05) is 0 Å². The first-order valence-electron chi connectivity index (χ1n) is 6.54. The molecular weight excluding hydrogens is 367 g/mol. The second-order valence-electron chi connectivity index (χ2n) is 4.87. The van der Waals surface area contributed by atoms with E-state index in [0.29, 0.717) is 12.3 Å². The number of aromatic nitrogens is 3. The van der Waals surface area contributed by atoms with Crippen molar-refractivity contribution < 1.29 is 18.3 Å². The van der Waals surface area contributed by atoms with E-state index >= 15 is 0 Å². The van der Waals surface area contributed by atoms with Gasteiger partial charge < -0.3 is 5.11 Å². The van der Waals surface area contributed by atoms with Gasteiger partial charge in [0.1, 0.15) is 5.56 Å². The molecule has 2 aromatic rings. The highest BCUT2D eigenvalue weighted by molar-refractivity contribution is 6.32. The van der Waals surface area contributed by atoms with Crippen molar-refractivity contribution in [3.63, 3.8) is 0 Å². The van der Waals surface area contributed by atoms with Crippen LogP contribution in [-0.2, 0) is 20.3 Å². The van der Waals surface area contributed by atoms with Gasteiger partial charge in [-0.2, -0.15) is 18.3 Å². The Kier molecular flexibility index (Phi) is 4.88. The minimum absolute atomic E-state index is 0.188. The fraction of sp³-hybridized carbons (Fsp3) is 0.231. The summed E-state index contributed by atoms with van der Waals surface area (Å²) in [5, 5.41) is 13.1. The van der Waals surface area contributed by atoms with Gasteiger partial charge in [0.2, 0.25) is 5.88 Å². The van der Waals surface area contributed by atoms with Gasteiger partial charge >= 0.3 is 11.9 Å². The summed E-state index contributed by atoms with van der Waals surface area (Å²) < 4.78 is 39.2. The zero-order chi connectivity index (χ0) is 18.9. The largest absolute Gasteiger partial charge is 0.494 e. The highest BCUT2D eigenvalue weighted by atomic mass is 35.5. The standard InChI is InChI=1S/C13H11ClF3N5O3/c1-21-10(23)7(11(24)22(2)12(21)25)5-19-20-9-8(14)3-6(4-18-9)13(15,16)17/h3-5,23H,1-2H3,(H,18,20)/b19-5-. The lowest BCUT2D eigenvalue weighted by atomic mass is 10.3. The Morgan fingerprint density at radius 3 is 2.52 bits per heavy atom. The number of nitrogens with zero attached hydrogens (tertiary/aromatic N) is 4.